The molecule has 0 aromatic heterocycles. The van der Waals surface area contributed by atoms with Crippen molar-refractivity contribution in [1.29, 1.82) is 0 Å². The fourth-order valence-corrected chi connectivity index (χ4v) is 1.68. The van der Waals surface area contributed by atoms with Crippen LogP contribution in [0.1, 0.15) is 23.6 Å². The van der Waals surface area contributed by atoms with Crippen molar-refractivity contribution in [2.75, 3.05) is 6.61 Å². The number of nitrogens with two attached hydrogens (primary N) is 1. The van der Waals surface area contributed by atoms with Gasteiger partial charge in [0.2, 0.25) is 0 Å². The largest absolute Gasteiger partial charge is 0.493 e. The van der Waals surface area contributed by atoms with Gasteiger partial charge in [-0.25, -0.2) is 0 Å². The number of fused-ring (bicyclic) bond motifs is 1. The SMILES string of the molecule is C#CCC(N)c1ccc2c(c1)CCO2. The molecule has 1 atom stereocenters. The predicted molar refractivity (Wildman–Crippen MR) is 56.0 cm³/mol. The van der Waals surface area contributed by atoms with Crippen LogP contribution in [-0.4, -0.2) is 6.61 Å². The summed E-state index contributed by atoms with van der Waals surface area (Å²) in [6, 6.07) is 6.02. The average Bonchev–Trinajstić information content (AvgIpc) is 2.64. The van der Waals surface area contributed by atoms with Gasteiger partial charge in [0.15, 0.2) is 0 Å². The van der Waals surface area contributed by atoms with Crippen LogP contribution < -0.4 is 10.5 Å². The number of benzene rings is 1. The van der Waals surface area contributed by atoms with Crippen LogP contribution in [0.3, 0.4) is 0 Å². The Labute approximate surface area is 84.1 Å². The highest BCUT2D eigenvalue weighted by molar-refractivity contribution is 5.40. The smallest absolute Gasteiger partial charge is 0.122 e. The molecule has 72 valence electrons. The highest BCUT2D eigenvalue weighted by atomic mass is 16.5. The number of rotatable bonds is 2. The molecule has 0 spiro atoms. The number of hydrogen-bond donors (Lipinski definition) is 1. The minimum atomic E-state index is -0.0501. The van der Waals surface area contributed by atoms with Crippen molar-refractivity contribution in [3.05, 3.63) is 29.3 Å². The number of terminal acetylenes is 1. The van der Waals surface area contributed by atoms with Gasteiger partial charge in [-0.1, -0.05) is 12.1 Å². The van der Waals surface area contributed by atoms with Gasteiger partial charge in [-0.3, -0.25) is 0 Å². The van der Waals surface area contributed by atoms with E-state index in [1.165, 1.54) is 5.56 Å². The second-order valence-corrected chi connectivity index (χ2v) is 3.48. The molecule has 2 nitrogen and oxygen atoms in total. The number of ether oxygens (including phenoxy) is 1. The van der Waals surface area contributed by atoms with E-state index in [9.17, 15) is 0 Å². The molecule has 2 rings (SSSR count). The van der Waals surface area contributed by atoms with Crippen LogP contribution in [0.2, 0.25) is 0 Å². The Bertz CT molecular complexity index is 378. The lowest BCUT2D eigenvalue weighted by atomic mass is 10.0. The first-order chi connectivity index (χ1) is 6.81. The molecule has 1 aromatic carbocycles. The van der Waals surface area contributed by atoms with Crippen LogP contribution in [0.4, 0.5) is 0 Å². The zero-order valence-corrected chi connectivity index (χ0v) is 7.99. The summed E-state index contributed by atoms with van der Waals surface area (Å²) in [6.45, 7) is 0.781. The fraction of sp³-hybridized carbons (Fsp3) is 0.333. The van der Waals surface area contributed by atoms with E-state index < -0.39 is 0 Å². The van der Waals surface area contributed by atoms with E-state index in [2.05, 4.69) is 12.0 Å². The first kappa shape index (κ1) is 9.11. The molecular formula is C12H13NO. The summed E-state index contributed by atoms with van der Waals surface area (Å²) in [6.07, 6.45) is 6.79. The molecule has 0 bridgehead atoms. The molecule has 1 unspecified atom stereocenters. The molecular weight excluding hydrogens is 174 g/mol. The third-order valence-corrected chi connectivity index (χ3v) is 2.48. The zero-order chi connectivity index (χ0) is 9.97. The third kappa shape index (κ3) is 1.59. The molecule has 1 aliphatic heterocycles. The van der Waals surface area contributed by atoms with E-state index in [-0.39, 0.29) is 6.04 Å². The maximum Gasteiger partial charge on any atom is 0.122 e. The zero-order valence-electron chi connectivity index (χ0n) is 7.99. The Balaban J connectivity index is 2.25. The van der Waals surface area contributed by atoms with Crippen molar-refractivity contribution in [3.63, 3.8) is 0 Å². The van der Waals surface area contributed by atoms with Crippen molar-refractivity contribution in [2.45, 2.75) is 18.9 Å². The summed E-state index contributed by atoms with van der Waals surface area (Å²) < 4.78 is 5.41. The highest BCUT2D eigenvalue weighted by Gasteiger charge is 2.13. The lowest BCUT2D eigenvalue weighted by Crippen LogP contribution is -2.09. The number of hydrogen-bond acceptors (Lipinski definition) is 2. The molecule has 0 fully saturated rings. The standard InChI is InChI=1S/C12H13NO/c1-2-3-11(13)9-4-5-12-10(8-9)6-7-14-12/h1,4-5,8,11H,3,6-7,13H2. The summed E-state index contributed by atoms with van der Waals surface area (Å²) in [5.74, 6) is 3.57. The molecule has 14 heavy (non-hydrogen) atoms. The summed E-state index contributed by atoms with van der Waals surface area (Å²) in [4.78, 5) is 0. The lowest BCUT2D eigenvalue weighted by Gasteiger charge is -2.09. The van der Waals surface area contributed by atoms with Gasteiger partial charge in [0.05, 0.1) is 6.61 Å². The monoisotopic (exact) mass is 187 g/mol. The van der Waals surface area contributed by atoms with Gasteiger partial charge in [0.25, 0.3) is 0 Å². The predicted octanol–water partition coefficient (Wildman–Crippen LogP) is 1.64. The molecule has 0 saturated carbocycles. The van der Waals surface area contributed by atoms with Crippen molar-refractivity contribution < 1.29 is 4.74 Å². The Morgan fingerprint density at radius 1 is 1.57 bits per heavy atom. The second kappa shape index (κ2) is 3.73. The Morgan fingerprint density at radius 2 is 2.43 bits per heavy atom. The average molecular weight is 187 g/mol. The van der Waals surface area contributed by atoms with Crippen LogP contribution in [0.25, 0.3) is 0 Å². The normalized spacial score (nSPS) is 15.4. The Kier molecular flexibility index (Phi) is 2.43. The molecule has 1 heterocycles. The van der Waals surface area contributed by atoms with Gasteiger partial charge >= 0.3 is 0 Å². The summed E-state index contributed by atoms with van der Waals surface area (Å²) in [5.41, 5.74) is 8.27. The summed E-state index contributed by atoms with van der Waals surface area (Å²) >= 11 is 0. The molecule has 0 amide bonds. The summed E-state index contributed by atoms with van der Waals surface area (Å²) in [5, 5.41) is 0. The second-order valence-electron chi connectivity index (χ2n) is 3.48. The molecule has 2 heteroatoms. The van der Waals surface area contributed by atoms with E-state index in [1.54, 1.807) is 0 Å². The van der Waals surface area contributed by atoms with Crippen LogP contribution in [-0.2, 0) is 6.42 Å². The first-order valence-electron chi connectivity index (χ1n) is 4.76. The van der Waals surface area contributed by atoms with Crippen molar-refractivity contribution in [2.24, 2.45) is 5.73 Å². The summed E-state index contributed by atoms with van der Waals surface area (Å²) in [7, 11) is 0. The van der Waals surface area contributed by atoms with Crippen molar-refractivity contribution in [1.82, 2.24) is 0 Å². The molecule has 0 aliphatic carbocycles. The van der Waals surface area contributed by atoms with Gasteiger partial charge in [-0.15, -0.1) is 12.3 Å². The van der Waals surface area contributed by atoms with Gasteiger partial charge < -0.3 is 10.5 Å². The van der Waals surface area contributed by atoms with Crippen molar-refractivity contribution in [3.8, 4) is 18.1 Å². The van der Waals surface area contributed by atoms with Crippen LogP contribution in [0.15, 0.2) is 18.2 Å². The molecule has 0 radical (unpaired) electrons. The van der Waals surface area contributed by atoms with Crippen LogP contribution in [0, 0.1) is 12.3 Å². The van der Waals surface area contributed by atoms with Gasteiger partial charge in [-0.05, 0) is 17.2 Å². The Hall–Kier alpha value is -1.46. The van der Waals surface area contributed by atoms with Gasteiger partial charge in [0, 0.05) is 18.9 Å². The topological polar surface area (TPSA) is 35.2 Å². The molecule has 0 saturated heterocycles. The van der Waals surface area contributed by atoms with E-state index in [0.29, 0.717) is 6.42 Å². The minimum Gasteiger partial charge on any atom is -0.493 e. The Morgan fingerprint density at radius 3 is 3.21 bits per heavy atom. The minimum absolute atomic E-state index is 0.0501. The van der Waals surface area contributed by atoms with E-state index in [4.69, 9.17) is 16.9 Å². The fourth-order valence-electron chi connectivity index (χ4n) is 1.68. The molecule has 1 aromatic rings. The van der Waals surface area contributed by atoms with Crippen LogP contribution in [0.5, 0.6) is 5.75 Å². The van der Waals surface area contributed by atoms with E-state index in [0.717, 1.165) is 24.3 Å². The maximum absolute atomic E-state index is 5.92. The highest BCUT2D eigenvalue weighted by Crippen LogP contribution is 2.28. The first-order valence-corrected chi connectivity index (χ1v) is 4.76. The van der Waals surface area contributed by atoms with Crippen molar-refractivity contribution >= 4 is 0 Å². The van der Waals surface area contributed by atoms with Gasteiger partial charge in [0.1, 0.15) is 5.75 Å². The molecule has 1 aliphatic rings. The quantitative estimate of drug-likeness (QED) is 0.714. The van der Waals surface area contributed by atoms with Gasteiger partial charge in [-0.2, -0.15) is 0 Å². The van der Waals surface area contributed by atoms with E-state index in [1.807, 2.05) is 12.1 Å². The van der Waals surface area contributed by atoms with Crippen LogP contribution >= 0.6 is 0 Å². The lowest BCUT2D eigenvalue weighted by molar-refractivity contribution is 0.357. The third-order valence-electron chi connectivity index (χ3n) is 2.48. The molecule has 2 N–H and O–H groups in total. The van der Waals surface area contributed by atoms with E-state index >= 15 is 0 Å². The maximum atomic E-state index is 5.92.